The fourth-order valence-corrected chi connectivity index (χ4v) is 2.58. The van der Waals surface area contributed by atoms with E-state index in [0.29, 0.717) is 5.56 Å². The lowest BCUT2D eigenvalue weighted by Crippen LogP contribution is -2.38. The molecule has 3 rings (SSSR count). The van der Waals surface area contributed by atoms with E-state index in [2.05, 4.69) is 10.3 Å². The molecule has 6 nitrogen and oxygen atoms in total. The molecule has 1 aromatic carbocycles. The van der Waals surface area contributed by atoms with Crippen molar-refractivity contribution in [1.82, 2.24) is 15.2 Å². The van der Waals surface area contributed by atoms with Crippen LogP contribution >= 0.6 is 0 Å². The summed E-state index contributed by atoms with van der Waals surface area (Å²) in [5.74, 6) is -0.923. The Bertz CT molecular complexity index is 764. The molecule has 6 heteroatoms. The minimum Gasteiger partial charge on any atom is -0.354 e. The Hall–Kier alpha value is -3.02. The summed E-state index contributed by atoms with van der Waals surface area (Å²) in [7, 11) is 0. The van der Waals surface area contributed by atoms with Crippen LogP contribution in [0.25, 0.3) is 0 Å². The number of amides is 3. The number of hydrogen-bond donors (Lipinski definition) is 1. The Morgan fingerprint density at radius 1 is 1.12 bits per heavy atom. The molecule has 0 unspecified atom stereocenters. The summed E-state index contributed by atoms with van der Waals surface area (Å²) < 4.78 is 0. The van der Waals surface area contributed by atoms with Gasteiger partial charge in [0.1, 0.15) is 5.69 Å². The molecule has 3 amide bonds. The van der Waals surface area contributed by atoms with E-state index < -0.39 is 5.91 Å². The maximum absolute atomic E-state index is 12.2. The number of aryl methyl sites for hydroxylation is 1. The van der Waals surface area contributed by atoms with Crippen molar-refractivity contribution in [3.05, 3.63) is 65.0 Å². The van der Waals surface area contributed by atoms with Crippen LogP contribution in [0.2, 0.25) is 0 Å². The van der Waals surface area contributed by atoms with Crippen LogP contribution in [0.15, 0.2) is 42.6 Å². The molecule has 2 aromatic rings. The van der Waals surface area contributed by atoms with Gasteiger partial charge in [-0.2, -0.15) is 0 Å². The number of aromatic nitrogens is 1. The molecule has 1 N–H and O–H groups in total. The lowest BCUT2D eigenvalue weighted by Gasteiger charge is -2.14. The van der Waals surface area contributed by atoms with Crippen LogP contribution in [-0.4, -0.2) is 40.7 Å². The Labute approximate surface area is 139 Å². The highest BCUT2D eigenvalue weighted by molar-refractivity contribution is 6.20. The molecule has 1 aromatic heterocycles. The van der Waals surface area contributed by atoms with Crippen LogP contribution in [0, 0.1) is 6.92 Å². The monoisotopic (exact) mass is 323 g/mol. The van der Waals surface area contributed by atoms with Crippen LogP contribution < -0.4 is 5.32 Å². The smallest absolute Gasteiger partial charge is 0.280 e. The maximum Gasteiger partial charge on any atom is 0.280 e. The minimum absolute atomic E-state index is 0.133. The molecule has 1 aliphatic rings. The predicted molar refractivity (Wildman–Crippen MR) is 87.5 cm³/mol. The Kier molecular flexibility index (Phi) is 4.37. The molecule has 0 bridgehead atoms. The normalized spacial score (nSPS) is 13.1. The third-order valence-corrected chi connectivity index (χ3v) is 3.87. The number of carbonyl (C=O) groups is 3. The van der Waals surface area contributed by atoms with E-state index in [1.165, 1.54) is 6.20 Å². The van der Waals surface area contributed by atoms with E-state index in [4.69, 9.17) is 0 Å². The fourth-order valence-electron chi connectivity index (χ4n) is 2.58. The van der Waals surface area contributed by atoms with Gasteiger partial charge < -0.3 is 5.32 Å². The summed E-state index contributed by atoms with van der Waals surface area (Å²) in [6.07, 6.45) is 1.75. The van der Waals surface area contributed by atoms with Crippen molar-refractivity contribution in [2.45, 2.75) is 13.3 Å². The number of pyridine rings is 1. The third-order valence-electron chi connectivity index (χ3n) is 3.87. The van der Waals surface area contributed by atoms with Crippen LogP contribution in [0.5, 0.6) is 0 Å². The summed E-state index contributed by atoms with van der Waals surface area (Å²) in [5, 5.41) is 2.74. The zero-order chi connectivity index (χ0) is 17.1. The first kappa shape index (κ1) is 15.9. The van der Waals surface area contributed by atoms with Crippen molar-refractivity contribution >= 4 is 17.7 Å². The predicted octanol–water partition coefficient (Wildman–Crippen LogP) is 1.34. The molecular formula is C18H17N3O3. The second kappa shape index (κ2) is 6.62. The van der Waals surface area contributed by atoms with Gasteiger partial charge >= 0.3 is 0 Å². The molecule has 24 heavy (non-hydrogen) atoms. The largest absolute Gasteiger partial charge is 0.354 e. The van der Waals surface area contributed by atoms with Gasteiger partial charge in [-0.25, -0.2) is 0 Å². The van der Waals surface area contributed by atoms with Gasteiger partial charge in [0, 0.05) is 19.3 Å². The van der Waals surface area contributed by atoms with E-state index >= 15 is 0 Å². The van der Waals surface area contributed by atoms with E-state index in [0.717, 1.165) is 16.0 Å². The minimum atomic E-state index is -0.414. The van der Waals surface area contributed by atoms with Crippen molar-refractivity contribution in [2.24, 2.45) is 0 Å². The highest BCUT2D eigenvalue weighted by atomic mass is 16.2. The molecule has 1 aliphatic heterocycles. The Morgan fingerprint density at radius 3 is 2.58 bits per heavy atom. The zero-order valence-electron chi connectivity index (χ0n) is 13.3. The number of imide groups is 1. The van der Waals surface area contributed by atoms with E-state index in [-0.39, 0.29) is 37.0 Å². The average molecular weight is 323 g/mol. The molecule has 0 fully saturated rings. The van der Waals surface area contributed by atoms with Gasteiger partial charge in [-0.3, -0.25) is 24.3 Å². The Morgan fingerprint density at radius 2 is 1.88 bits per heavy atom. The summed E-state index contributed by atoms with van der Waals surface area (Å²) in [6.45, 7) is 2.34. The van der Waals surface area contributed by atoms with E-state index in [1.807, 2.05) is 31.2 Å². The quantitative estimate of drug-likeness (QED) is 0.842. The molecule has 0 spiro atoms. The summed E-state index contributed by atoms with van der Waals surface area (Å²) >= 11 is 0. The number of fused-ring (bicyclic) bond motifs is 1. The molecule has 0 radical (unpaired) electrons. The van der Waals surface area contributed by atoms with Gasteiger partial charge in [0.15, 0.2) is 0 Å². The Balaban J connectivity index is 1.52. The standard InChI is InChI=1S/C18H17N3O3/c1-12-4-6-13(7-5-12)11-15(22)19-9-10-21-17(23)14-3-2-8-20-16(14)18(21)24/h2-8H,9-11H2,1H3,(H,19,22). The van der Waals surface area contributed by atoms with E-state index in [9.17, 15) is 14.4 Å². The van der Waals surface area contributed by atoms with Crippen LogP contribution in [0.4, 0.5) is 0 Å². The number of carbonyl (C=O) groups excluding carboxylic acids is 3. The lowest BCUT2D eigenvalue weighted by molar-refractivity contribution is -0.120. The number of hydrogen-bond acceptors (Lipinski definition) is 4. The average Bonchev–Trinajstić information content (AvgIpc) is 2.82. The number of benzene rings is 1. The number of rotatable bonds is 5. The van der Waals surface area contributed by atoms with Crippen molar-refractivity contribution in [1.29, 1.82) is 0 Å². The summed E-state index contributed by atoms with van der Waals surface area (Å²) in [5.41, 5.74) is 2.54. The molecule has 0 aliphatic carbocycles. The van der Waals surface area contributed by atoms with Gasteiger partial charge in [0.2, 0.25) is 5.91 Å². The van der Waals surface area contributed by atoms with Gasteiger partial charge in [-0.1, -0.05) is 29.8 Å². The molecule has 0 saturated heterocycles. The first-order valence-corrected chi connectivity index (χ1v) is 7.69. The second-order valence-corrected chi connectivity index (χ2v) is 5.67. The number of nitrogens with one attached hydrogen (secondary N) is 1. The fraction of sp³-hybridized carbons (Fsp3) is 0.222. The third kappa shape index (κ3) is 3.17. The van der Waals surface area contributed by atoms with Gasteiger partial charge in [-0.05, 0) is 24.6 Å². The zero-order valence-corrected chi connectivity index (χ0v) is 13.3. The summed E-state index contributed by atoms with van der Waals surface area (Å²) in [6, 6.07) is 10.9. The summed E-state index contributed by atoms with van der Waals surface area (Å²) in [4.78, 5) is 41.3. The first-order chi connectivity index (χ1) is 11.6. The van der Waals surface area contributed by atoms with Gasteiger partial charge in [0.05, 0.1) is 12.0 Å². The van der Waals surface area contributed by atoms with Crippen molar-refractivity contribution in [2.75, 3.05) is 13.1 Å². The van der Waals surface area contributed by atoms with Crippen LogP contribution in [-0.2, 0) is 11.2 Å². The number of nitrogens with zero attached hydrogens (tertiary/aromatic N) is 2. The lowest BCUT2D eigenvalue weighted by atomic mass is 10.1. The molecular weight excluding hydrogens is 306 g/mol. The van der Waals surface area contributed by atoms with Gasteiger partial charge in [-0.15, -0.1) is 0 Å². The molecule has 0 atom stereocenters. The molecule has 122 valence electrons. The van der Waals surface area contributed by atoms with Crippen molar-refractivity contribution < 1.29 is 14.4 Å². The highest BCUT2D eigenvalue weighted by Crippen LogP contribution is 2.19. The second-order valence-electron chi connectivity index (χ2n) is 5.67. The topological polar surface area (TPSA) is 79.4 Å². The highest BCUT2D eigenvalue weighted by Gasteiger charge is 2.36. The molecule has 2 heterocycles. The van der Waals surface area contributed by atoms with Gasteiger partial charge in [0.25, 0.3) is 11.8 Å². The van der Waals surface area contributed by atoms with Crippen LogP contribution in [0.3, 0.4) is 0 Å². The van der Waals surface area contributed by atoms with E-state index in [1.54, 1.807) is 12.1 Å². The SMILES string of the molecule is Cc1ccc(CC(=O)NCCN2C(=O)c3cccnc3C2=O)cc1. The van der Waals surface area contributed by atoms with Crippen LogP contribution in [0.1, 0.15) is 32.0 Å². The first-order valence-electron chi connectivity index (χ1n) is 7.69. The maximum atomic E-state index is 12.2. The van der Waals surface area contributed by atoms with Crippen molar-refractivity contribution in [3.63, 3.8) is 0 Å². The van der Waals surface area contributed by atoms with Crippen molar-refractivity contribution in [3.8, 4) is 0 Å². The molecule has 0 saturated carbocycles.